The lowest BCUT2D eigenvalue weighted by molar-refractivity contribution is 0.260. The Morgan fingerprint density at radius 2 is 1.94 bits per heavy atom. The highest BCUT2D eigenvalue weighted by Gasteiger charge is 2.47. The largest absolute Gasteiger partial charge is 0.327 e. The Kier molecular flexibility index (Phi) is 2.99. The minimum Gasteiger partial charge on any atom is -0.327 e. The zero-order valence-corrected chi connectivity index (χ0v) is 11.4. The summed E-state index contributed by atoms with van der Waals surface area (Å²) in [4.78, 5) is 0. The summed E-state index contributed by atoms with van der Waals surface area (Å²) in [5.74, 6) is 3.41. The van der Waals surface area contributed by atoms with Crippen LogP contribution in [-0.2, 0) is 0 Å². The summed E-state index contributed by atoms with van der Waals surface area (Å²) < 4.78 is 0. The van der Waals surface area contributed by atoms with Gasteiger partial charge in [-0.2, -0.15) is 0 Å². The van der Waals surface area contributed by atoms with E-state index < -0.39 is 0 Å². The summed E-state index contributed by atoms with van der Waals surface area (Å²) in [5.41, 5.74) is 6.99. The van der Waals surface area contributed by atoms with Gasteiger partial charge in [0.25, 0.3) is 0 Å². The van der Waals surface area contributed by atoms with Gasteiger partial charge in [-0.3, -0.25) is 0 Å². The zero-order valence-electron chi connectivity index (χ0n) is 11.4. The molecule has 0 amide bonds. The third kappa shape index (κ3) is 2.04. The lowest BCUT2D eigenvalue weighted by Gasteiger charge is -2.29. The van der Waals surface area contributed by atoms with Gasteiger partial charge in [-0.25, -0.2) is 0 Å². The zero-order chi connectivity index (χ0) is 12.0. The van der Waals surface area contributed by atoms with Crippen LogP contribution in [0, 0.1) is 29.1 Å². The monoisotopic (exact) mass is 236 g/mol. The molecule has 0 aromatic carbocycles. The second-order valence-electron chi connectivity index (χ2n) is 7.22. The maximum absolute atomic E-state index is 6.35. The highest BCUT2D eigenvalue weighted by Crippen LogP contribution is 2.51. The molecule has 3 rings (SSSR count). The minimum atomic E-state index is 0.496. The maximum Gasteiger partial charge on any atom is 0.0110 e. The third-order valence-electron chi connectivity index (χ3n) is 6.13. The van der Waals surface area contributed by atoms with Gasteiger partial charge in [-0.1, -0.05) is 13.8 Å². The minimum absolute atomic E-state index is 0.496. The fraction of sp³-hybridized carbons (Fsp3) is 1.00. The highest BCUT2D eigenvalue weighted by molar-refractivity contribution is 5.01. The molecule has 98 valence electrons. The van der Waals surface area contributed by atoms with Crippen LogP contribution in [0.15, 0.2) is 0 Å². The molecule has 2 nitrogen and oxygen atoms in total. The Morgan fingerprint density at radius 1 is 1.24 bits per heavy atom. The smallest absolute Gasteiger partial charge is 0.0110 e. The fourth-order valence-electron chi connectivity index (χ4n) is 4.36. The number of hydrogen-bond donors (Lipinski definition) is 2. The molecular weight excluding hydrogens is 208 g/mol. The van der Waals surface area contributed by atoms with Crippen LogP contribution in [-0.4, -0.2) is 19.1 Å². The summed E-state index contributed by atoms with van der Waals surface area (Å²) in [6, 6.07) is 0.496. The summed E-state index contributed by atoms with van der Waals surface area (Å²) in [6.45, 7) is 7.15. The van der Waals surface area contributed by atoms with Crippen LogP contribution in [0.25, 0.3) is 0 Å². The van der Waals surface area contributed by atoms with E-state index in [0.29, 0.717) is 11.5 Å². The Hall–Kier alpha value is -0.0800. The standard InChI is InChI=1S/C15H28N2/c1-10(2)15(5-6-15)9-17-8-13-11-3-4-12(7-11)14(13)16/h10-14,17H,3-9,16H2,1-2H3. The van der Waals surface area contributed by atoms with Crippen molar-refractivity contribution in [2.45, 2.75) is 52.0 Å². The molecule has 0 radical (unpaired) electrons. The van der Waals surface area contributed by atoms with E-state index in [4.69, 9.17) is 5.73 Å². The maximum atomic E-state index is 6.35. The molecule has 3 aliphatic rings. The molecule has 0 aromatic rings. The van der Waals surface area contributed by atoms with Gasteiger partial charge in [0.1, 0.15) is 0 Å². The average molecular weight is 236 g/mol. The average Bonchev–Trinajstić information content (AvgIpc) is 2.84. The van der Waals surface area contributed by atoms with Crippen LogP contribution in [0.1, 0.15) is 46.0 Å². The van der Waals surface area contributed by atoms with Gasteiger partial charge >= 0.3 is 0 Å². The number of nitrogens with one attached hydrogen (secondary N) is 1. The second kappa shape index (κ2) is 4.24. The van der Waals surface area contributed by atoms with Gasteiger partial charge in [0.05, 0.1) is 0 Å². The van der Waals surface area contributed by atoms with Crippen molar-refractivity contribution >= 4 is 0 Å². The Bertz CT molecular complexity index is 281. The van der Waals surface area contributed by atoms with E-state index in [1.807, 2.05) is 0 Å². The van der Waals surface area contributed by atoms with E-state index in [2.05, 4.69) is 19.2 Å². The second-order valence-corrected chi connectivity index (χ2v) is 7.22. The molecular formula is C15H28N2. The SMILES string of the molecule is CC(C)C1(CNCC2C3CCC(C3)C2N)CC1. The van der Waals surface area contributed by atoms with E-state index in [-0.39, 0.29) is 0 Å². The first-order valence-electron chi connectivity index (χ1n) is 7.59. The van der Waals surface area contributed by atoms with Gasteiger partial charge in [0.2, 0.25) is 0 Å². The van der Waals surface area contributed by atoms with Crippen molar-refractivity contribution in [1.29, 1.82) is 0 Å². The van der Waals surface area contributed by atoms with E-state index in [0.717, 1.165) is 23.7 Å². The van der Waals surface area contributed by atoms with E-state index >= 15 is 0 Å². The van der Waals surface area contributed by atoms with Gasteiger partial charge < -0.3 is 11.1 Å². The van der Waals surface area contributed by atoms with Crippen LogP contribution in [0.5, 0.6) is 0 Å². The Labute approximate surface area is 106 Å². The van der Waals surface area contributed by atoms with Gasteiger partial charge in [0.15, 0.2) is 0 Å². The summed E-state index contributed by atoms with van der Waals surface area (Å²) >= 11 is 0. The molecule has 0 spiro atoms. The molecule has 0 saturated heterocycles. The van der Waals surface area contributed by atoms with Crippen LogP contribution in [0.4, 0.5) is 0 Å². The molecule has 3 aliphatic carbocycles. The van der Waals surface area contributed by atoms with Crippen molar-refractivity contribution in [3.63, 3.8) is 0 Å². The predicted octanol–water partition coefficient (Wildman–Crippen LogP) is 2.39. The molecule has 17 heavy (non-hydrogen) atoms. The van der Waals surface area contributed by atoms with Crippen molar-refractivity contribution in [2.75, 3.05) is 13.1 Å². The van der Waals surface area contributed by atoms with Gasteiger partial charge in [-0.05, 0) is 67.7 Å². The normalized spacial score (nSPS) is 42.4. The molecule has 0 heterocycles. The molecule has 2 bridgehead atoms. The quantitative estimate of drug-likeness (QED) is 0.769. The van der Waals surface area contributed by atoms with E-state index in [9.17, 15) is 0 Å². The molecule has 0 aliphatic heterocycles. The number of fused-ring (bicyclic) bond motifs is 2. The topological polar surface area (TPSA) is 38.0 Å². The van der Waals surface area contributed by atoms with Crippen molar-refractivity contribution in [2.24, 2.45) is 34.8 Å². The Morgan fingerprint density at radius 3 is 2.47 bits per heavy atom. The van der Waals surface area contributed by atoms with Crippen molar-refractivity contribution in [3.05, 3.63) is 0 Å². The third-order valence-corrected chi connectivity index (χ3v) is 6.13. The van der Waals surface area contributed by atoms with Crippen LogP contribution >= 0.6 is 0 Å². The molecule has 4 unspecified atom stereocenters. The van der Waals surface area contributed by atoms with Gasteiger partial charge in [-0.15, -0.1) is 0 Å². The van der Waals surface area contributed by atoms with Crippen molar-refractivity contribution in [3.8, 4) is 0 Å². The first-order valence-corrected chi connectivity index (χ1v) is 7.59. The number of rotatable bonds is 5. The van der Waals surface area contributed by atoms with E-state index in [1.165, 1.54) is 45.2 Å². The molecule has 2 heteroatoms. The Balaban J connectivity index is 1.46. The van der Waals surface area contributed by atoms with Crippen LogP contribution < -0.4 is 11.1 Å². The van der Waals surface area contributed by atoms with Crippen molar-refractivity contribution in [1.82, 2.24) is 5.32 Å². The molecule has 0 aromatic heterocycles. The molecule has 3 N–H and O–H groups in total. The van der Waals surface area contributed by atoms with E-state index in [1.54, 1.807) is 0 Å². The molecule has 3 fully saturated rings. The number of nitrogens with two attached hydrogens (primary N) is 1. The molecule has 4 atom stereocenters. The van der Waals surface area contributed by atoms with Crippen LogP contribution in [0.2, 0.25) is 0 Å². The van der Waals surface area contributed by atoms with Gasteiger partial charge in [0, 0.05) is 12.6 Å². The van der Waals surface area contributed by atoms with Crippen molar-refractivity contribution < 1.29 is 0 Å². The molecule has 3 saturated carbocycles. The lowest BCUT2D eigenvalue weighted by Crippen LogP contribution is -2.42. The number of hydrogen-bond acceptors (Lipinski definition) is 2. The first-order chi connectivity index (χ1) is 8.12. The van der Waals surface area contributed by atoms with Crippen LogP contribution in [0.3, 0.4) is 0 Å². The summed E-state index contributed by atoms with van der Waals surface area (Å²) in [7, 11) is 0. The summed E-state index contributed by atoms with van der Waals surface area (Å²) in [5, 5.41) is 3.75. The first kappa shape index (κ1) is 12.0. The highest BCUT2D eigenvalue weighted by atomic mass is 14.9. The lowest BCUT2D eigenvalue weighted by atomic mass is 9.84. The predicted molar refractivity (Wildman–Crippen MR) is 71.7 cm³/mol. The summed E-state index contributed by atoms with van der Waals surface area (Å²) in [6.07, 6.45) is 7.13. The fourth-order valence-corrected chi connectivity index (χ4v) is 4.36.